The number of aliphatic hydroxyl groups is 1. The topological polar surface area (TPSA) is 58.9 Å². The van der Waals surface area contributed by atoms with E-state index >= 15 is 0 Å². The molecule has 0 saturated carbocycles. The molecule has 1 unspecified atom stereocenters. The molecular formula is C14H13NO3. The summed E-state index contributed by atoms with van der Waals surface area (Å²) in [5.74, 6) is -0.0664. The van der Waals surface area contributed by atoms with Crippen molar-refractivity contribution in [1.82, 2.24) is 0 Å². The first-order chi connectivity index (χ1) is 8.70. The fourth-order valence-corrected chi connectivity index (χ4v) is 2.34. The van der Waals surface area contributed by atoms with Gasteiger partial charge in [-0.05, 0) is 5.56 Å². The van der Waals surface area contributed by atoms with Crippen molar-refractivity contribution in [2.45, 2.75) is 24.9 Å². The smallest absolute Gasteiger partial charge is 0.199 e. The number of hydrogen-bond donors (Lipinski definition) is 1. The molecule has 4 nitrogen and oxygen atoms in total. The SMILES string of the molecule is O=C1C=C(O)C2(CC1)CC(c1ccccc1)=NO2. The van der Waals surface area contributed by atoms with E-state index in [9.17, 15) is 9.90 Å². The van der Waals surface area contributed by atoms with Crippen LogP contribution in [0.15, 0.2) is 47.3 Å². The normalized spacial score (nSPS) is 26.8. The molecule has 3 rings (SSSR count). The second-order valence-corrected chi connectivity index (χ2v) is 4.66. The van der Waals surface area contributed by atoms with Crippen LogP contribution in [0.1, 0.15) is 24.8 Å². The molecule has 0 amide bonds. The predicted molar refractivity (Wildman–Crippen MR) is 66.4 cm³/mol. The number of nitrogens with zero attached hydrogens (tertiary/aromatic N) is 1. The molecule has 1 heterocycles. The quantitative estimate of drug-likeness (QED) is 0.823. The van der Waals surface area contributed by atoms with E-state index in [1.165, 1.54) is 6.08 Å². The van der Waals surface area contributed by atoms with Crippen LogP contribution in [0.3, 0.4) is 0 Å². The van der Waals surface area contributed by atoms with Crippen molar-refractivity contribution in [3.63, 3.8) is 0 Å². The van der Waals surface area contributed by atoms with Crippen LogP contribution in [0.4, 0.5) is 0 Å². The maximum atomic E-state index is 11.2. The van der Waals surface area contributed by atoms with Gasteiger partial charge in [0.25, 0.3) is 0 Å². The van der Waals surface area contributed by atoms with Crippen LogP contribution in [0.5, 0.6) is 0 Å². The van der Waals surface area contributed by atoms with E-state index in [2.05, 4.69) is 5.16 Å². The highest BCUT2D eigenvalue weighted by Crippen LogP contribution is 2.38. The van der Waals surface area contributed by atoms with E-state index in [1.807, 2.05) is 30.3 Å². The average Bonchev–Trinajstić information content (AvgIpc) is 2.82. The molecule has 1 aromatic rings. The Balaban J connectivity index is 1.86. The minimum atomic E-state index is -0.820. The maximum Gasteiger partial charge on any atom is 0.199 e. The fourth-order valence-electron chi connectivity index (χ4n) is 2.34. The highest BCUT2D eigenvalue weighted by Gasteiger charge is 2.45. The van der Waals surface area contributed by atoms with E-state index in [0.29, 0.717) is 19.3 Å². The van der Waals surface area contributed by atoms with E-state index in [4.69, 9.17) is 4.84 Å². The van der Waals surface area contributed by atoms with E-state index in [-0.39, 0.29) is 11.5 Å². The van der Waals surface area contributed by atoms with Crippen molar-refractivity contribution in [2.24, 2.45) is 5.16 Å². The van der Waals surface area contributed by atoms with Crippen LogP contribution in [-0.4, -0.2) is 22.2 Å². The van der Waals surface area contributed by atoms with Crippen molar-refractivity contribution in [2.75, 3.05) is 0 Å². The first-order valence-electron chi connectivity index (χ1n) is 5.94. The van der Waals surface area contributed by atoms with Crippen LogP contribution in [-0.2, 0) is 9.63 Å². The number of carbonyl (C=O) groups excluding carboxylic acids is 1. The van der Waals surface area contributed by atoms with Crippen molar-refractivity contribution in [1.29, 1.82) is 0 Å². The van der Waals surface area contributed by atoms with Gasteiger partial charge in [0.2, 0.25) is 0 Å². The first-order valence-corrected chi connectivity index (χ1v) is 5.94. The summed E-state index contributed by atoms with van der Waals surface area (Å²) in [5.41, 5.74) is 0.975. The molecule has 0 aromatic heterocycles. The van der Waals surface area contributed by atoms with Crippen molar-refractivity contribution in [3.05, 3.63) is 47.7 Å². The number of aliphatic hydroxyl groups excluding tert-OH is 1. The third-order valence-corrected chi connectivity index (χ3v) is 3.43. The van der Waals surface area contributed by atoms with Crippen molar-refractivity contribution >= 4 is 11.5 Å². The molecule has 0 fully saturated rings. The van der Waals surface area contributed by atoms with Gasteiger partial charge in [0.05, 0.1) is 5.71 Å². The monoisotopic (exact) mass is 243 g/mol. The lowest BCUT2D eigenvalue weighted by Gasteiger charge is -2.28. The molecule has 1 aromatic carbocycles. The number of allylic oxidation sites excluding steroid dienone is 1. The first kappa shape index (κ1) is 11.0. The Labute approximate surface area is 105 Å². The molecule has 1 spiro atoms. The summed E-state index contributed by atoms with van der Waals surface area (Å²) in [7, 11) is 0. The van der Waals surface area contributed by atoms with Crippen molar-refractivity contribution in [3.8, 4) is 0 Å². The largest absolute Gasteiger partial charge is 0.508 e. The molecule has 1 aliphatic carbocycles. The Morgan fingerprint density at radius 3 is 2.78 bits per heavy atom. The van der Waals surface area contributed by atoms with Crippen molar-refractivity contribution < 1.29 is 14.7 Å². The summed E-state index contributed by atoms with van der Waals surface area (Å²) in [4.78, 5) is 16.7. The molecule has 18 heavy (non-hydrogen) atoms. The Kier molecular flexibility index (Phi) is 2.44. The highest BCUT2D eigenvalue weighted by molar-refractivity contribution is 6.02. The lowest BCUT2D eigenvalue weighted by Crippen LogP contribution is -2.35. The molecule has 0 radical (unpaired) electrons. The van der Waals surface area contributed by atoms with Crippen LogP contribution in [0.25, 0.3) is 0 Å². The third-order valence-electron chi connectivity index (χ3n) is 3.43. The van der Waals surface area contributed by atoms with E-state index < -0.39 is 5.60 Å². The number of hydrogen-bond acceptors (Lipinski definition) is 4. The number of oxime groups is 1. The molecule has 2 aliphatic rings. The van der Waals surface area contributed by atoms with E-state index in [0.717, 1.165) is 11.3 Å². The van der Waals surface area contributed by atoms with Crippen LogP contribution < -0.4 is 0 Å². The van der Waals surface area contributed by atoms with Gasteiger partial charge in [-0.2, -0.15) is 0 Å². The van der Waals surface area contributed by atoms with Crippen LogP contribution in [0, 0.1) is 0 Å². The molecular weight excluding hydrogens is 230 g/mol. The summed E-state index contributed by atoms with van der Waals surface area (Å²) in [6.45, 7) is 0. The van der Waals surface area contributed by atoms with Gasteiger partial charge in [-0.1, -0.05) is 35.5 Å². The minimum Gasteiger partial charge on any atom is -0.508 e. The number of benzene rings is 1. The highest BCUT2D eigenvalue weighted by atomic mass is 16.7. The predicted octanol–water partition coefficient (Wildman–Crippen LogP) is 2.35. The van der Waals surface area contributed by atoms with Gasteiger partial charge in [-0.25, -0.2) is 0 Å². The molecule has 1 atom stereocenters. The summed E-state index contributed by atoms with van der Waals surface area (Å²) in [6, 6.07) is 9.71. The molecule has 4 heteroatoms. The van der Waals surface area contributed by atoms with Crippen LogP contribution >= 0.6 is 0 Å². The Morgan fingerprint density at radius 2 is 2.06 bits per heavy atom. The average molecular weight is 243 g/mol. The summed E-state index contributed by atoms with van der Waals surface area (Å²) < 4.78 is 0. The number of ketones is 1. The van der Waals surface area contributed by atoms with Gasteiger partial charge in [-0.15, -0.1) is 0 Å². The molecule has 0 saturated heterocycles. The van der Waals surface area contributed by atoms with Gasteiger partial charge in [0, 0.05) is 25.3 Å². The second-order valence-electron chi connectivity index (χ2n) is 4.66. The fraction of sp³-hybridized carbons (Fsp3) is 0.286. The number of rotatable bonds is 1. The summed E-state index contributed by atoms with van der Waals surface area (Å²) >= 11 is 0. The summed E-state index contributed by atoms with van der Waals surface area (Å²) in [6.07, 6.45) is 2.63. The Hall–Kier alpha value is -2.10. The molecule has 1 N–H and O–H groups in total. The third kappa shape index (κ3) is 1.70. The van der Waals surface area contributed by atoms with Gasteiger partial charge in [0.15, 0.2) is 11.4 Å². The molecule has 92 valence electrons. The van der Waals surface area contributed by atoms with Gasteiger partial charge in [0.1, 0.15) is 5.76 Å². The lowest BCUT2D eigenvalue weighted by molar-refractivity contribution is -0.118. The zero-order valence-corrected chi connectivity index (χ0v) is 9.80. The maximum absolute atomic E-state index is 11.2. The standard InChI is InChI=1S/C14H13NO3/c16-11-6-7-14(13(17)8-11)9-12(15-18-14)10-4-2-1-3-5-10/h1-5,8,17H,6-7,9H2. The molecule has 1 aliphatic heterocycles. The Bertz CT molecular complexity index is 547. The molecule has 0 bridgehead atoms. The van der Waals surface area contributed by atoms with Crippen LogP contribution in [0.2, 0.25) is 0 Å². The van der Waals surface area contributed by atoms with Gasteiger partial charge >= 0.3 is 0 Å². The van der Waals surface area contributed by atoms with Gasteiger partial charge in [-0.3, -0.25) is 4.79 Å². The number of carbonyl (C=O) groups is 1. The zero-order chi connectivity index (χ0) is 12.6. The zero-order valence-electron chi connectivity index (χ0n) is 9.80. The lowest BCUT2D eigenvalue weighted by atomic mass is 9.83. The van der Waals surface area contributed by atoms with Gasteiger partial charge < -0.3 is 9.94 Å². The minimum absolute atomic E-state index is 0.00608. The second kappa shape index (κ2) is 3.98. The summed E-state index contributed by atoms with van der Waals surface area (Å²) in [5, 5.41) is 14.0. The Morgan fingerprint density at radius 1 is 1.28 bits per heavy atom. The van der Waals surface area contributed by atoms with E-state index in [1.54, 1.807) is 0 Å².